The van der Waals surface area contributed by atoms with Crippen LogP contribution in [0, 0.1) is 5.92 Å². The van der Waals surface area contributed by atoms with Crippen molar-refractivity contribution in [2.75, 3.05) is 32.5 Å². The van der Waals surface area contributed by atoms with Crippen molar-refractivity contribution < 1.29 is 9.53 Å². The number of nitrogens with zero attached hydrogens (tertiary/aromatic N) is 1. The zero-order chi connectivity index (χ0) is 15.4. The molecule has 2 unspecified atom stereocenters. The van der Waals surface area contributed by atoms with Crippen LogP contribution in [0.25, 0.3) is 0 Å². The Balaban J connectivity index is 2.12. The second kappa shape index (κ2) is 6.80. The van der Waals surface area contributed by atoms with E-state index in [1.807, 2.05) is 6.92 Å². The van der Waals surface area contributed by atoms with E-state index in [9.17, 15) is 4.79 Å². The summed E-state index contributed by atoms with van der Waals surface area (Å²) in [4.78, 5) is 14.8. The van der Waals surface area contributed by atoms with E-state index < -0.39 is 0 Å². The van der Waals surface area contributed by atoms with Gasteiger partial charge >= 0.3 is 0 Å². The van der Waals surface area contributed by atoms with Crippen LogP contribution >= 0.6 is 0 Å². The highest BCUT2D eigenvalue weighted by atomic mass is 16.5. The minimum Gasteiger partial charge on any atom is -0.491 e. The largest absolute Gasteiger partial charge is 0.491 e. The van der Waals surface area contributed by atoms with Crippen LogP contribution < -0.4 is 15.8 Å². The second-order valence-electron chi connectivity index (χ2n) is 5.77. The fourth-order valence-corrected chi connectivity index (χ4v) is 2.85. The molecule has 0 aromatic heterocycles. The molecule has 1 aromatic carbocycles. The quantitative estimate of drug-likeness (QED) is 0.829. The molecule has 1 amide bonds. The number of amides is 1. The molecule has 3 N–H and O–H groups in total. The molecule has 0 bridgehead atoms. The molecule has 1 saturated heterocycles. The standard InChI is InChI=1S/C16H25N3O2/c1-4-21-15-12(6-5-7-13(15)17)16(20)18-14-8-9-19(3)10-11(14)2/h5-7,11,14H,4,8-10,17H2,1-3H3,(H,18,20). The van der Waals surface area contributed by atoms with E-state index in [1.54, 1.807) is 18.2 Å². The van der Waals surface area contributed by atoms with Gasteiger partial charge in [-0.15, -0.1) is 0 Å². The van der Waals surface area contributed by atoms with Crippen LogP contribution in [0.3, 0.4) is 0 Å². The first kappa shape index (κ1) is 15.6. The maximum absolute atomic E-state index is 12.5. The van der Waals surface area contributed by atoms with Crippen molar-refractivity contribution >= 4 is 11.6 Å². The van der Waals surface area contributed by atoms with E-state index >= 15 is 0 Å². The number of para-hydroxylation sites is 1. The highest BCUT2D eigenvalue weighted by Gasteiger charge is 2.26. The normalized spacial score (nSPS) is 22.8. The average molecular weight is 291 g/mol. The van der Waals surface area contributed by atoms with Crippen molar-refractivity contribution in [1.82, 2.24) is 10.2 Å². The van der Waals surface area contributed by atoms with Crippen molar-refractivity contribution in [2.24, 2.45) is 5.92 Å². The number of carbonyl (C=O) groups excluding carboxylic acids is 1. The van der Waals surface area contributed by atoms with Crippen molar-refractivity contribution in [3.05, 3.63) is 23.8 Å². The Kier molecular flexibility index (Phi) is 5.07. The van der Waals surface area contributed by atoms with Gasteiger partial charge in [-0.1, -0.05) is 13.0 Å². The smallest absolute Gasteiger partial charge is 0.255 e. The second-order valence-corrected chi connectivity index (χ2v) is 5.77. The summed E-state index contributed by atoms with van der Waals surface area (Å²) in [5.41, 5.74) is 6.93. The monoisotopic (exact) mass is 291 g/mol. The van der Waals surface area contributed by atoms with Gasteiger partial charge in [0, 0.05) is 12.6 Å². The maximum atomic E-state index is 12.5. The Morgan fingerprint density at radius 1 is 1.52 bits per heavy atom. The first-order chi connectivity index (χ1) is 10.0. The van der Waals surface area contributed by atoms with Gasteiger partial charge in [-0.25, -0.2) is 0 Å². The van der Waals surface area contributed by atoms with Gasteiger partial charge in [0.1, 0.15) is 0 Å². The summed E-state index contributed by atoms with van der Waals surface area (Å²) in [7, 11) is 2.11. The predicted molar refractivity (Wildman–Crippen MR) is 84.6 cm³/mol. The number of carbonyl (C=O) groups is 1. The number of anilines is 1. The van der Waals surface area contributed by atoms with E-state index in [2.05, 4.69) is 24.2 Å². The third-order valence-electron chi connectivity index (χ3n) is 4.00. The lowest BCUT2D eigenvalue weighted by atomic mass is 9.94. The van der Waals surface area contributed by atoms with Gasteiger partial charge in [0.15, 0.2) is 5.75 Å². The zero-order valence-corrected chi connectivity index (χ0v) is 13.1. The van der Waals surface area contributed by atoms with E-state index in [-0.39, 0.29) is 11.9 Å². The third kappa shape index (κ3) is 3.67. The van der Waals surface area contributed by atoms with Gasteiger partial charge in [-0.05, 0) is 45.0 Å². The maximum Gasteiger partial charge on any atom is 0.255 e. The number of ether oxygens (including phenoxy) is 1. The molecule has 5 heteroatoms. The Labute approximate surface area is 126 Å². The lowest BCUT2D eigenvalue weighted by molar-refractivity contribution is 0.0880. The zero-order valence-electron chi connectivity index (χ0n) is 13.1. The number of nitrogen functional groups attached to an aromatic ring is 1. The summed E-state index contributed by atoms with van der Waals surface area (Å²) in [5, 5.41) is 3.13. The Bertz CT molecular complexity index is 504. The molecule has 5 nitrogen and oxygen atoms in total. The van der Waals surface area contributed by atoms with Crippen LogP contribution in [-0.2, 0) is 0 Å². The van der Waals surface area contributed by atoms with E-state index in [0.29, 0.717) is 29.5 Å². The number of nitrogens with two attached hydrogens (primary N) is 1. The van der Waals surface area contributed by atoms with Crippen molar-refractivity contribution in [2.45, 2.75) is 26.3 Å². The summed E-state index contributed by atoms with van der Waals surface area (Å²) in [6.45, 7) is 6.54. The summed E-state index contributed by atoms with van der Waals surface area (Å²) in [6, 6.07) is 5.49. The molecular formula is C16H25N3O2. The Hall–Kier alpha value is -1.75. The minimum absolute atomic E-state index is 0.104. The molecule has 2 rings (SSSR count). The topological polar surface area (TPSA) is 67.6 Å². The number of piperidine rings is 1. The average Bonchev–Trinajstić information content (AvgIpc) is 2.44. The number of benzene rings is 1. The molecule has 0 radical (unpaired) electrons. The summed E-state index contributed by atoms with van der Waals surface area (Å²) in [6.07, 6.45) is 0.968. The number of likely N-dealkylation sites (tertiary alicyclic amines) is 1. The van der Waals surface area contributed by atoms with Crippen molar-refractivity contribution in [3.8, 4) is 5.75 Å². The van der Waals surface area contributed by atoms with Gasteiger partial charge in [-0.2, -0.15) is 0 Å². The lowest BCUT2D eigenvalue weighted by Gasteiger charge is -2.35. The molecule has 1 aliphatic heterocycles. The molecule has 0 aliphatic carbocycles. The number of hydrogen-bond acceptors (Lipinski definition) is 4. The summed E-state index contributed by atoms with van der Waals surface area (Å²) < 4.78 is 5.53. The van der Waals surface area contributed by atoms with E-state index in [4.69, 9.17) is 10.5 Å². The van der Waals surface area contributed by atoms with Gasteiger partial charge in [-0.3, -0.25) is 4.79 Å². The lowest BCUT2D eigenvalue weighted by Crippen LogP contribution is -2.48. The summed E-state index contributed by atoms with van der Waals surface area (Å²) in [5.74, 6) is 0.814. The van der Waals surface area contributed by atoms with E-state index in [0.717, 1.165) is 19.5 Å². The molecule has 0 spiro atoms. The highest BCUT2D eigenvalue weighted by Crippen LogP contribution is 2.27. The van der Waals surface area contributed by atoms with Crippen LogP contribution in [0.1, 0.15) is 30.6 Å². The molecule has 1 heterocycles. The number of rotatable bonds is 4. The molecular weight excluding hydrogens is 266 g/mol. The van der Waals surface area contributed by atoms with Crippen LogP contribution in [0.2, 0.25) is 0 Å². The van der Waals surface area contributed by atoms with Gasteiger partial charge in [0.25, 0.3) is 5.91 Å². The third-order valence-corrected chi connectivity index (χ3v) is 4.00. The Morgan fingerprint density at radius 2 is 2.29 bits per heavy atom. The van der Waals surface area contributed by atoms with E-state index in [1.165, 1.54) is 0 Å². The fraction of sp³-hybridized carbons (Fsp3) is 0.562. The molecule has 1 fully saturated rings. The molecule has 21 heavy (non-hydrogen) atoms. The first-order valence-corrected chi connectivity index (χ1v) is 7.53. The molecule has 0 saturated carbocycles. The summed E-state index contributed by atoms with van der Waals surface area (Å²) >= 11 is 0. The highest BCUT2D eigenvalue weighted by molar-refractivity contribution is 5.98. The molecule has 2 atom stereocenters. The fourth-order valence-electron chi connectivity index (χ4n) is 2.85. The van der Waals surface area contributed by atoms with Gasteiger partial charge in [0.05, 0.1) is 17.9 Å². The predicted octanol–water partition coefficient (Wildman–Crippen LogP) is 1.74. The number of hydrogen-bond donors (Lipinski definition) is 2. The molecule has 116 valence electrons. The van der Waals surface area contributed by atoms with Crippen molar-refractivity contribution in [1.29, 1.82) is 0 Å². The molecule has 1 aliphatic rings. The Morgan fingerprint density at radius 3 is 2.95 bits per heavy atom. The van der Waals surface area contributed by atoms with Gasteiger partial charge in [0.2, 0.25) is 0 Å². The van der Waals surface area contributed by atoms with Gasteiger partial charge < -0.3 is 20.7 Å². The van der Waals surface area contributed by atoms with Crippen LogP contribution in [-0.4, -0.2) is 43.6 Å². The SMILES string of the molecule is CCOc1c(N)cccc1C(=O)NC1CCN(C)CC1C. The van der Waals surface area contributed by atoms with Crippen LogP contribution in [0.5, 0.6) is 5.75 Å². The van der Waals surface area contributed by atoms with Crippen LogP contribution in [0.15, 0.2) is 18.2 Å². The first-order valence-electron chi connectivity index (χ1n) is 7.53. The van der Waals surface area contributed by atoms with Crippen LogP contribution in [0.4, 0.5) is 5.69 Å². The van der Waals surface area contributed by atoms with Crippen molar-refractivity contribution in [3.63, 3.8) is 0 Å². The number of nitrogens with one attached hydrogen (secondary N) is 1. The molecule has 1 aromatic rings. The minimum atomic E-state index is -0.104.